The molecule has 0 aromatic rings. The number of nitrogens with zero attached hydrogens (tertiary/aromatic N) is 3. The molecule has 2 aliphatic heterocycles. The largest absolute Gasteiger partial charge is 0.375 e. The van der Waals surface area contributed by atoms with Gasteiger partial charge in [-0.2, -0.15) is 0 Å². The van der Waals surface area contributed by atoms with Crippen molar-refractivity contribution < 1.29 is 9.47 Å². The molecule has 84 valence electrons. The topological polar surface area (TPSA) is 67.2 Å². The highest BCUT2D eigenvalue weighted by molar-refractivity contribution is 4.99. The average molecular weight is 211 g/mol. The first-order chi connectivity index (χ1) is 7.18. The third kappa shape index (κ3) is 1.83. The quantitative estimate of drug-likeness (QED) is 0.399. The second kappa shape index (κ2) is 4.00. The smallest absolute Gasteiger partial charge is 0.0969 e. The summed E-state index contributed by atoms with van der Waals surface area (Å²) in [5.74, 6) is 0.425. The first-order valence-electron chi connectivity index (χ1n) is 5.48. The minimum Gasteiger partial charge on any atom is -0.375 e. The van der Waals surface area contributed by atoms with Crippen molar-refractivity contribution in [2.24, 2.45) is 11.0 Å². The van der Waals surface area contributed by atoms with Crippen molar-refractivity contribution >= 4 is 0 Å². The normalized spacial score (nSPS) is 44.5. The van der Waals surface area contributed by atoms with Crippen LogP contribution in [0.25, 0.3) is 10.4 Å². The lowest BCUT2D eigenvalue weighted by Crippen LogP contribution is -2.37. The molecule has 4 atom stereocenters. The zero-order chi connectivity index (χ0) is 10.9. The Morgan fingerprint density at radius 2 is 2.33 bits per heavy atom. The highest BCUT2D eigenvalue weighted by Gasteiger charge is 2.50. The summed E-state index contributed by atoms with van der Waals surface area (Å²) in [5, 5.41) is 3.57. The summed E-state index contributed by atoms with van der Waals surface area (Å²) in [6, 6.07) is 0. The van der Waals surface area contributed by atoms with E-state index in [0.29, 0.717) is 19.1 Å². The van der Waals surface area contributed by atoms with Crippen LogP contribution in [-0.4, -0.2) is 31.0 Å². The van der Waals surface area contributed by atoms with E-state index >= 15 is 0 Å². The number of rotatable bonds is 2. The number of ether oxygens (including phenoxy) is 2. The Hall–Kier alpha value is -0.770. The second-order valence-electron chi connectivity index (χ2n) is 4.56. The first kappa shape index (κ1) is 10.7. The summed E-state index contributed by atoms with van der Waals surface area (Å²) in [4.78, 5) is 2.76. The van der Waals surface area contributed by atoms with Crippen LogP contribution in [0.2, 0.25) is 0 Å². The molecule has 0 aromatic heterocycles. The summed E-state index contributed by atoms with van der Waals surface area (Å²) in [6.45, 7) is 5.39. The molecular weight excluding hydrogens is 194 g/mol. The van der Waals surface area contributed by atoms with Crippen LogP contribution in [0.15, 0.2) is 5.11 Å². The molecule has 0 aliphatic carbocycles. The molecule has 2 rings (SSSR count). The number of hydrogen-bond donors (Lipinski definition) is 0. The average Bonchev–Trinajstić information content (AvgIpc) is 2.77. The minimum atomic E-state index is -0.116. The van der Waals surface area contributed by atoms with Crippen molar-refractivity contribution in [1.82, 2.24) is 0 Å². The zero-order valence-corrected chi connectivity index (χ0v) is 9.22. The Morgan fingerprint density at radius 3 is 2.93 bits per heavy atom. The van der Waals surface area contributed by atoms with Crippen molar-refractivity contribution in [3.63, 3.8) is 0 Å². The van der Waals surface area contributed by atoms with Gasteiger partial charge in [-0.1, -0.05) is 12.0 Å². The van der Waals surface area contributed by atoms with Gasteiger partial charge < -0.3 is 9.47 Å². The van der Waals surface area contributed by atoms with Crippen LogP contribution in [0.5, 0.6) is 0 Å². The maximum absolute atomic E-state index is 8.26. The van der Waals surface area contributed by atoms with Crippen molar-refractivity contribution in [3.8, 4) is 0 Å². The summed E-state index contributed by atoms with van der Waals surface area (Å²) < 4.78 is 11.6. The van der Waals surface area contributed by atoms with E-state index in [1.807, 2.05) is 0 Å². The van der Waals surface area contributed by atoms with E-state index in [1.165, 1.54) is 0 Å². The second-order valence-corrected chi connectivity index (χ2v) is 4.56. The molecule has 2 aliphatic rings. The molecule has 0 amide bonds. The molecular formula is C10H17N3O2. The van der Waals surface area contributed by atoms with E-state index in [-0.39, 0.29) is 17.8 Å². The number of azide groups is 1. The van der Waals surface area contributed by atoms with Crippen LogP contribution in [0.4, 0.5) is 0 Å². The molecule has 5 heteroatoms. The molecule has 0 saturated carbocycles. The van der Waals surface area contributed by atoms with Crippen molar-refractivity contribution in [1.29, 1.82) is 0 Å². The molecule has 0 unspecified atom stereocenters. The van der Waals surface area contributed by atoms with Crippen LogP contribution in [0.1, 0.15) is 26.7 Å². The van der Waals surface area contributed by atoms with Gasteiger partial charge >= 0.3 is 0 Å². The third-order valence-corrected chi connectivity index (χ3v) is 3.76. The number of hydrogen-bond acceptors (Lipinski definition) is 3. The van der Waals surface area contributed by atoms with Crippen molar-refractivity contribution in [3.05, 3.63) is 10.4 Å². The van der Waals surface area contributed by atoms with E-state index in [0.717, 1.165) is 12.8 Å². The Morgan fingerprint density at radius 1 is 1.53 bits per heavy atom. The summed E-state index contributed by atoms with van der Waals surface area (Å²) in [6.07, 6.45) is 2.34. The lowest BCUT2D eigenvalue weighted by Gasteiger charge is -2.28. The maximum Gasteiger partial charge on any atom is 0.0969 e. The standard InChI is InChI=1S/C10H17N3O2/c1-7-8(2)14-6-10(7)4-3-9(15-10)5-12-13-11/h7-9H,3-6H2,1-2H3/t7-,8-,9+,10+/m0/s1. The predicted molar refractivity (Wildman–Crippen MR) is 55.4 cm³/mol. The molecule has 0 N–H and O–H groups in total. The lowest BCUT2D eigenvalue weighted by molar-refractivity contribution is -0.0586. The van der Waals surface area contributed by atoms with Gasteiger partial charge in [0.1, 0.15) is 0 Å². The first-order valence-corrected chi connectivity index (χ1v) is 5.48. The van der Waals surface area contributed by atoms with Crippen LogP contribution in [-0.2, 0) is 9.47 Å². The molecule has 0 bridgehead atoms. The van der Waals surface area contributed by atoms with Gasteiger partial charge in [0.05, 0.1) is 31.0 Å². The van der Waals surface area contributed by atoms with Crippen molar-refractivity contribution in [2.75, 3.05) is 13.2 Å². The maximum atomic E-state index is 8.26. The third-order valence-electron chi connectivity index (χ3n) is 3.76. The fraction of sp³-hybridized carbons (Fsp3) is 1.00. The van der Waals surface area contributed by atoms with Gasteiger partial charge in [0, 0.05) is 10.8 Å². The van der Waals surface area contributed by atoms with Gasteiger partial charge in [0.2, 0.25) is 0 Å². The molecule has 0 aromatic carbocycles. The Kier molecular flexibility index (Phi) is 2.87. The Bertz CT molecular complexity index is 290. The molecule has 2 saturated heterocycles. The van der Waals surface area contributed by atoms with Crippen LogP contribution in [0.3, 0.4) is 0 Å². The molecule has 2 fully saturated rings. The van der Waals surface area contributed by atoms with Gasteiger partial charge in [-0.3, -0.25) is 0 Å². The van der Waals surface area contributed by atoms with Gasteiger partial charge in [-0.15, -0.1) is 0 Å². The minimum absolute atomic E-state index is 0.0808. The summed E-state index contributed by atoms with van der Waals surface area (Å²) in [7, 11) is 0. The predicted octanol–water partition coefficient (Wildman–Crippen LogP) is 2.27. The lowest BCUT2D eigenvalue weighted by atomic mass is 9.86. The molecule has 15 heavy (non-hydrogen) atoms. The molecule has 5 nitrogen and oxygen atoms in total. The fourth-order valence-electron chi connectivity index (χ4n) is 2.53. The Balaban J connectivity index is 1.99. The van der Waals surface area contributed by atoms with Crippen molar-refractivity contribution in [2.45, 2.75) is 44.5 Å². The molecule has 0 radical (unpaired) electrons. The van der Waals surface area contributed by atoms with Crippen LogP contribution < -0.4 is 0 Å². The van der Waals surface area contributed by atoms with E-state index in [9.17, 15) is 0 Å². The SMILES string of the molecule is C[C@@H]1OC[C@]2(CC[C@H](CN=[N+]=[N-])O2)[C@H]1C. The highest BCUT2D eigenvalue weighted by Crippen LogP contribution is 2.43. The fourth-order valence-corrected chi connectivity index (χ4v) is 2.53. The van der Waals surface area contributed by atoms with Gasteiger partial charge in [0.25, 0.3) is 0 Å². The van der Waals surface area contributed by atoms with Crippen LogP contribution in [0, 0.1) is 5.92 Å². The van der Waals surface area contributed by atoms with Gasteiger partial charge in [-0.25, -0.2) is 0 Å². The van der Waals surface area contributed by atoms with Gasteiger partial charge in [-0.05, 0) is 25.3 Å². The summed E-state index contributed by atoms with van der Waals surface area (Å²) in [5.41, 5.74) is 8.14. The molecule has 1 spiro atoms. The van der Waals surface area contributed by atoms with E-state index in [1.54, 1.807) is 0 Å². The van der Waals surface area contributed by atoms with Crippen LogP contribution >= 0.6 is 0 Å². The molecule has 2 heterocycles. The van der Waals surface area contributed by atoms with E-state index in [2.05, 4.69) is 23.9 Å². The van der Waals surface area contributed by atoms with E-state index in [4.69, 9.17) is 15.0 Å². The summed E-state index contributed by atoms with van der Waals surface area (Å²) >= 11 is 0. The van der Waals surface area contributed by atoms with Gasteiger partial charge in [0.15, 0.2) is 0 Å². The highest BCUT2D eigenvalue weighted by atomic mass is 16.6. The monoisotopic (exact) mass is 211 g/mol. The Labute approximate surface area is 89.4 Å². The van der Waals surface area contributed by atoms with E-state index < -0.39 is 0 Å². The zero-order valence-electron chi connectivity index (χ0n) is 9.22.